The van der Waals surface area contributed by atoms with Crippen molar-refractivity contribution in [3.05, 3.63) is 23.7 Å². The van der Waals surface area contributed by atoms with E-state index in [2.05, 4.69) is 42.7 Å². The Hall–Kier alpha value is -1.10. The third-order valence-corrected chi connectivity index (χ3v) is 4.25. The van der Waals surface area contributed by atoms with E-state index in [0.717, 1.165) is 24.0 Å². The molecule has 1 aromatic rings. The van der Waals surface area contributed by atoms with Crippen LogP contribution in [-0.4, -0.2) is 30.6 Å². The SMILES string of the molecule is CN=C(NCC(C)(C)SC)NC(C)c1ccc(C)o1. The maximum absolute atomic E-state index is 5.61. The van der Waals surface area contributed by atoms with E-state index in [4.69, 9.17) is 4.42 Å². The lowest BCUT2D eigenvalue weighted by Gasteiger charge is -2.24. The fourth-order valence-corrected chi connectivity index (χ4v) is 1.74. The van der Waals surface area contributed by atoms with Gasteiger partial charge in [0.2, 0.25) is 0 Å². The Labute approximate surface area is 120 Å². The van der Waals surface area contributed by atoms with Gasteiger partial charge in [0.25, 0.3) is 0 Å². The first-order valence-electron chi connectivity index (χ1n) is 6.46. The normalized spacial score (nSPS) is 14.3. The number of aryl methyl sites for hydroxylation is 1. The van der Waals surface area contributed by atoms with Crippen molar-refractivity contribution in [1.82, 2.24) is 10.6 Å². The van der Waals surface area contributed by atoms with Crippen molar-refractivity contribution < 1.29 is 4.42 Å². The van der Waals surface area contributed by atoms with Gasteiger partial charge in [-0.25, -0.2) is 0 Å². The molecule has 2 N–H and O–H groups in total. The third-order valence-electron chi connectivity index (χ3n) is 3.00. The minimum atomic E-state index is 0.0947. The maximum Gasteiger partial charge on any atom is 0.191 e. The van der Waals surface area contributed by atoms with Gasteiger partial charge in [0.1, 0.15) is 11.5 Å². The highest BCUT2D eigenvalue weighted by molar-refractivity contribution is 7.99. The molecule has 0 aromatic carbocycles. The topological polar surface area (TPSA) is 49.6 Å². The third kappa shape index (κ3) is 5.19. The van der Waals surface area contributed by atoms with Gasteiger partial charge in [-0.1, -0.05) is 0 Å². The average molecular weight is 283 g/mol. The number of rotatable bonds is 5. The van der Waals surface area contributed by atoms with Crippen LogP contribution in [0.25, 0.3) is 0 Å². The van der Waals surface area contributed by atoms with Gasteiger partial charge in [0.15, 0.2) is 5.96 Å². The van der Waals surface area contributed by atoms with Crippen molar-refractivity contribution in [3.63, 3.8) is 0 Å². The number of hydrogen-bond acceptors (Lipinski definition) is 3. The van der Waals surface area contributed by atoms with E-state index in [9.17, 15) is 0 Å². The first-order chi connectivity index (χ1) is 8.88. The van der Waals surface area contributed by atoms with E-state index < -0.39 is 0 Å². The van der Waals surface area contributed by atoms with Crippen LogP contribution in [0.1, 0.15) is 38.3 Å². The van der Waals surface area contributed by atoms with Gasteiger partial charge >= 0.3 is 0 Å². The number of thioether (sulfide) groups is 1. The summed E-state index contributed by atoms with van der Waals surface area (Å²) in [5, 5.41) is 6.67. The molecule has 1 heterocycles. The highest BCUT2D eigenvalue weighted by Crippen LogP contribution is 2.19. The van der Waals surface area contributed by atoms with Crippen LogP contribution in [0.4, 0.5) is 0 Å². The molecule has 5 heteroatoms. The lowest BCUT2D eigenvalue weighted by atomic mass is 10.2. The first-order valence-corrected chi connectivity index (χ1v) is 7.69. The molecular weight excluding hydrogens is 258 g/mol. The maximum atomic E-state index is 5.61. The van der Waals surface area contributed by atoms with Crippen molar-refractivity contribution in [2.24, 2.45) is 4.99 Å². The molecule has 1 atom stereocenters. The van der Waals surface area contributed by atoms with Gasteiger partial charge in [-0.15, -0.1) is 0 Å². The van der Waals surface area contributed by atoms with Crippen LogP contribution in [0.3, 0.4) is 0 Å². The highest BCUT2D eigenvalue weighted by atomic mass is 32.2. The predicted octanol–water partition coefficient (Wildman–Crippen LogP) is 2.96. The zero-order valence-electron chi connectivity index (χ0n) is 12.7. The Morgan fingerprint density at radius 1 is 1.47 bits per heavy atom. The zero-order valence-corrected chi connectivity index (χ0v) is 13.5. The minimum absolute atomic E-state index is 0.0947. The van der Waals surface area contributed by atoms with E-state index in [1.165, 1.54) is 0 Å². The Morgan fingerprint density at radius 2 is 2.16 bits per heavy atom. The molecule has 0 aliphatic carbocycles. The monoisotopic (exact) mass is 283 g/mol. The molecule has 0 radical (unpaired) electrons. The van der Waals surface area contributed by atoms with E-state index in [0.29, 0.717) is 0 Å². The Balaban J connectivity index is 2.53. The fourth-order valence-electron chi connectivity index (χ4n) is 1.53. The van der Waals surface area contributed by atoms with Crippen LogP contribution in [0.2, 0.25) is 0 Å². The fraction of sp³-hybridized carbons (Fsp3) is 0.643. The molecule has 1 rings (SSSR count). The van der Waals surface area contributed by atoms with Crippen molar-refractivity contribution in [2.75, 3.05) is 19.8 Å². The van der Waals surface area contributed by atoms with Crippen molar-refractivity contribution >= 4 is 17.7 Å². The smallest absolute Gasteiger partial charge is 0.191 e. The van der Waals surface area contributed by atoms with Gasteiger partial charge in [-0.3, -0.25) is 4.99 Å². The van der Waals surface area contributed by atoms with Gasteiger partial charge in [0, 0.05) is 18.3 Å². The van der Waals surface area contributed by atoms with E-state index >= 15 is 0 Å². The van der Waals surface area contributed by atoms with Crippen LogP contribution in [0.5, 0.6) is 0 Å². The summed E-state index contributed by atoms with van der Waals surface area (Å²) >= 11 is 1.83. The summed E-state index contributed by atoms with van der Waals surface area (Å²) in [4.78, 5) is 4.24. The molecule has 4 nitrogen and oxygen atoms in total. The summed E-state index contributed by atoms with van der Waals surface area (Å²) in [6, 6.07) is 4.06. The summed E-state index contributed by atoms with van der Waals surface area (Å²) in [5.41, 5.74) is 0. The number of furan rings is 1. The second-order valence-electron chi connectivity index (χ2n) is 5.20. The molecule has 0 saturated carbocycles. The van der Waals surface area contributed by atoms with Crippen LogP contribution >= 0.6 is 11.8 Å². The average Bonchev–Trinajstić information content (AvgIpc) is 2.81. The van der Waals surface area contributed by atoms with Crippen molar-refractivity contribution in [1.29, 1.82) is 0 Å². The summed E-state index contributed by atoms with van der Waals surface area (Å²) in [6.45, 7) is 9.28. The Morgan fingerprint density at radius 3 is 2.63 bits per heavy atom. The molecular formula is C14H25N3OS. The second-order valence-corrected chi connectivity index (χ2v) is 6.72. The molecule has 0 amide bonds. The molecule has 1 aromatic heterocycles. The second kappa shape index (κ2) is 6.89. The highest BCUT2D eigenvalue weighted by Gasteiger charge is 2.17. The number of nitrogens with zero attached hydrogens (tertiary/aromatic N) is 1. The van der Waals surface area contributed by atoms with Gasteiger partial charge in [0.05, 0.1) is 6.04 Å². The molecule has 0 aliphatic heterocycles. The number of nitrogens with one attached hydrogen (secondary N) is 2. The lowest BCUT2D eigenvalue weighted by molar-refractivity contribution is 0.441. The summed E-state index contributed by atoms with van der Waals surface area (Å²) in [7, 11) is 1.78. The summed E-state index contributed by atoms with van der Waals surface area (Å²) in [5.74, 6) is 2.64. The van der Waals surface area contributed by atoms with Crippen molar-refractivity contribution in [2.45, 2.75) is 38.5 Å². The van der Waals surface area contributed by atoms with E-state index in [-0.39, 0.29) is 10.8 Å². The lowest BCUT2D eigenvalue weighted by Crippen LogP contribution is -2.44. The molecule has 0 fully saturated rings. The number of guanidine groups is 1. The standard InChI is InChI=1S/C14H25N3OS/c1-10-7-8-12(18-10)11(2)17-13(15-5)16-9-14(3,4)19-6/h7-8,11H,9H2,1-6H3,(H2,15,16,17). The Kier molecular flexibility index (Phi) is 5.79. The zero-order chi connectivity index (χ0) is 14.5. The Bertz CT molecular complexity index is 426. The predicted molar refractivity (Wildman–Crippen MR) is 84.0 cm³/mol. The van der Waals surface area contributed by atoms with Crippen LogP contribution in [-0.2, 0) is 0 Å². The molecule has 108 valence electrons. The number of hydrogen-bond donors (Lipinski definition) is 2. The molecule has 0 saturated heterocycles. The van der Waals surface area contributed by atoms with Gasteiger partial charge in [-0.05, 0) is 46.1 Å². The van der Waals surface area contributed by atoms with E-state index in [1.807, 2.05) is 30.8 Å². The molecule has 0 spiro atoms. The van der Waals surface area contributed by atoms with Crippen LogP contribution in [0, 0.1) is 6.92 Å². The summed E-state index contributed by atoms with van der Waals surface area (Å²) < 4.78 is 5.79. The van der Waals surface area contributed by atoms with Crippen LogP contribution < -0.4 is 10.6 Å². The minimum Gasteiger partial charge on any atom is -0.464 e. The molecule has 19 heavy (non-hydrogen) atoms. The molecule has 0 bridgehead atoms. The first kappa shape index (κ1) is 16.0. The quantitative estimate of drug-likeness (QED) is 0.644. The summed E-state index contributed by atoms with van der Waals surface area (Å²) in [6.07, 6.45) is 2.12. The van der Waals surface area contributed by atoms with Crippen molar-refractivity contribution in [3.8, 4) is 0 Å². The largest absolute Gasteiger partial charge is 0.464 e. The van der Waals surface area contributed by atoms with Gasteiger partial charge < -0.3 is 15.1 Å². The molecule has 1 unspecified atom stereocenters. The molecule has 0 aliphatic rings. The number of aliphatic imine (C=N–C) groups is 1. The van der Waals surface area contributed by atoms with Gasteiger partial charge in [-0.2, -0.15) is 11.8 Å². The van der Waals surface area contributed by atoms with E-state index in [1.54, 1.807) is 7.05 Å². The van der Waals surface area contributed by atoms with Crippen LogP contribution in [0.15, 0.2) is 21.5 Å².